The quantitative estimate of drug-likeness (QED) is 0.251. The van der Waals surface area contributed by atoms with Crippen molar-refractivity contribution in [2.24, 2.45) is 0 Å². The molecule has 0 saturated heterocycles. The molecule has 0 saturated carbocycles. The van der Waals surface area contributed by atoms with Crippen LogP contribution in [-0.4, -0.2) is 8.07 Å². The number of furan rings is 1. The topological polar surface area (TPSA) is 13.1 Å². The monoisotopic (exact) mass is 515 g/mol. The molecule has 1 radical (unpaired) electrons. The Morgan fingerprint density at radius 2 is 1.66 bits per heavy atom. The standard InChI is InChI=1S/C14H11.C10H12OSi.2ClH.Zr/c1-10-8-12-7-6-11-4-2-3-5-13(11)14(12)9-10;1-6-9-7-4-5-11-8(7)10(6)12(9,2)3;;;/h2-9H,1H3;4-5,9H,1-3H3;2*1H;/q-1;;;;+3/p-2. The summed E-state index contributed by atoms with van der Waals surface area (Å²) in [7, 11) is -1.08. The van der Waals surface area contributed by atoms with Crippen LogP contribution in [0, 0.1) is 6.92 Å². The minimum absolute atomic E-state index is 0. The third-order valence-corrected chi connectivity index (χ3v) is 10.3. The number of halogens is 2. The number of fused-ring (bicyclic) bond motifs is 3. The van der Waals surface area contributed by atoms with Gasteiger partial charge in [-0.1, -0.05) is 61.3 Å². The summed E-state index contributed by atoms with van der Waals surface area (Å²) in [6.45, 7) is 9.29. The van der Waals surface area contributed by atoms with Gasteiger partial charge < -0.3 is 29.2 Å². The zero-order valence-electron chi connectivity index (χ0n) is 17.0. The van der Waals surface area contributed by atoms with Crippen molar-refractivity contribution in [3.63, 3.8) is 0 Å². The zero-order chi connectivity index (χ0) is 18.1. The summed E-state index contributed by atoms with van der Waals surface area (Å²) in [6, 6.07) is 19.6. The molecule has 1 nitrogen and oxygen atoms in total. The van der Waals surface area contributed by atoms with Gasteiger partial charge in [-0.25, -0.2) is 0 Å². The molecule has 0 spiro atoms. The van der Waals surface area contributed by atoms with Crippen LogP contribution >= 0.6 is 0 Å². The molecule has 0 fully saturated rings. The number of allylic oxidation sites excluding steroid dienone is 1. The molecule has 2 aliphatic heterocycles. The van der Waals surface area contributed by atoms with E-state index in [1.54, 1.807) is 10.8 Å². The maximum absolute atomic E-state index is 5.51. The SMILES string of the molecule is CC1=C2c3occc3C1[Si]2(C)C.Cc1cc2c(ccc3ccccc32)[cH-]1.[Cl-].[Cl-].[Zr+3]. The van der Waals surface area contributed by atoms with Gasteiger partial charge in [0.05, 0.1) is 14.3 Å². The number of hydrogen-bond donors (Lipinski definition) is 0. The van der Waals surface area contributed by atoms with Crippen LogP contribution in [0.25, 0.3) is 26.7 Å². The van der Waals surface area contributed by atoms with Gasteiger partial charge in [0.15, 0.2) is 0 Å². The Hall–Kier alpha value is -0.990. The summed E-state index contributed by atoms with van der Waals surface area (Å²) >= 11 is 0. The molecule has 7 rings (SSSR count). The fraction of sp³-hybridized carbons (Fsp3) is 0.208. The number of benzene rings is 2. The van der Waals surface area contributed by atoms with Crippen molar-refractivity contribution in [1.82, 2.24) is 0 Å². The van der Waals surface area contributed by atoms with Gasteiger partial charge in [0.25, 0.3) is 0 Å². The Morgan fingerprint density at radius 1 is 0.931 bits per heavy atom. The van der Waals surface area contributed by atoms with Crippen molar-refractivity contribution in [2.45, 2.75) is 32.5 Å². The molecule has 3 aliphatic rings. The Morgan fingerprint density at radius 3 is 2.34 bits per heavy atom. The van der Waals surface area contributed by atoms with Gasteiger partial charge in [0, 0.05) is 11.1 Å². The summed E-state index contributed by atoms with van der Waals surface area (Å²) in [5.74, 6) is 1.22. The normalized spacial score (nSPS) is 17.3. The van der Waals surface area contributed by atoms with Gasteiger partial charge in [-0.3, -0.25) is 0 Å². The third kappa shape index (κ3) is 3.55. The van der Waals surface area contributed by atoms with Crippen LogP contribution in [0.2, 0.25) is 13.1 Å². The largest absolute Gasteiger partial charge is 3.00 e. The van der Waals surface area contributed by atoms with Crippen LogP contribution in [0.5, 0.6) is 0 Å². The molecular formula is C24H23Cl2OSiZr. The summed E-state index contributed by atoms with van der Waals surface area (Å²) in [5, 5.41) is 7.00. The molecule has 1 aromatic heterocycles. The molecule has 29 heavy (non-hydrogen) atoms. The first-order chi connectivity index (χ1) is 12.5. The van der Waals surface area contributed by atoms with Crippen LogP contribution in [-0.2, 0) is 26.2 Å². The third-order valence-electron chi connectivity index (χ3n) is 6.19. The Labute approximate surface area is 204 Å². The average Bonchev–Trinajstić information content (AvgIpc) is 3.31. The van der Waals surface area contributed by atoms with Crippen LogP contribution in [0.3, 0.4) is 0 Å². The van der Waals surface area contributed by atoms with Crippen molar-refractivity contribution in [3.05, 3.63) is 83.3 Å². The van der Waals surface area contributed by atoms with E-state index in [-0.39, 0.29) is 51.0 Å². The van der Waals surface area contributed by atoms with E-state index in [2.05, 4.69) is 81.5 Å². The number of hydrogen-bond acceptors (Lipinski definition) is 1. The van der Waals surface area contributed by atoms with Gasteiger partial charge in [-0.2, -0.15) is 6.07 Å². The predicted molar refractivity (Wildman–Crippen MR) is 113 cm³/mol. The second-order valence-corrected chi connectivity index (χ2v) is 12.8. The van der Waals surface area contributed by atoms with Gasteiger partial charge in [-0.15, -0.1) is 28.5 Å². The maximum Gasteiger partial charge on any atom is 3.00 e. The molecule has 0 N–H and O–H groups in total. The molecule has 5 heteroatoms. The molecule has 1 atom stereocenters. The fourth-order valence-corrected chi connectivity index (χ4v) is 9.46. The van der Waals surface area contributed by atoms with Crippen LogP contribution in [0.15, 0.2) is 70.9 Å². The molecule has 1 unspecified atom stereocenters. The van der Waals surface area contributed by atoms with E-state index in [4.69, 9.17) is 4.42 Å². The van der Waals surface area contributed by atoms with E-state index < -0.39 is 8.07 Å². The van der Waals surface area contributed by atoms with E-state index in [9.17, 15) is 0 Å². The van der Waals surface area contributed by atoms with Crippen LogP contribution < -0.4 is 24.8 Å². The number of aryl methyl sites for hydroxylation is 1. The maximum atomic E-state index is 5.51. The molecule has 2 bridgehead atoms. The second-order valence-electron chi connectivity index (χ2n) is 8.24. The smallest absolute Gasteiger partial charge is 1.00 e. The molecule has 4 aromatic rings. The Bertz CT molecular complexity index is 1200. The summed E-state index contributed by atoms with van der Waals surface area (Å²) < 4.78 is 5.51. The van der Waals surface area contributed by atoms with Crippen LogP contribution in [0.4, 0.5) is 0 Å². The molecular weight excluding hydrogens is 494 g/mol. The summed E-state index contributed by atoms with van der Waals surface area (Å²) in [5.41, 5.74) is 5.18. The minimum Gasteiger partial charge on any atom is -1.00 e. The average molecular weight is 518 g/mol. The number of rotatable bonds is 0. The van der Waals surface area contributed by atoms with Crippen LogP contribution in [0.1, 0.15) is 29.4 Å². The first-order valence-corrected chi connectivity index (χ1v) is 12.4. The predicted octanol–water partition coefficient (Wildman–Crippen LogP) is 0.977. The van der Waals surface area contributed by atoms with E-state index in [1.165, 1.54) is 38.4 Å². The zero-order valence-corrected chi connectivity index (χ0v) is 22.0. The van der Waals surface area contributed by atoms with Crippen molar-refractivity contribution < 1.29 is 55.4 Å². The molecule has 0 amide bonds. The van der Waals surface area contributed by atoms with Gasteiger partial charge in [0.1, 0.15) is 5.76 Å². The van der Waals surface area contributed by atoms with Gasteiger partial charge >= 0.3 is 26.2 Å². The summed E-state index contributed by atoms with van der Waals surface area (Å²) in [4.78, 5) is 0. The van der Waals surface area contributed by atoms with Gasteiger partial charge in [0.2, 0.25) is 0 Å². The first-order valence-electron chi connectivity index (χ1n) is 9.32. The van der Waals surface area contributed by atoms with E-state index >= 15 is 0 Å². The Kier molecular flexibility index (Phi) is 7.23. The van der Waals surface area contributed by atoms with Gasteiger partial charge in [-0.05, 0) is 23.6 Å². The summed E-state index contributed by atoms with van der Waals surface area (Å²) in [6.07, 6.45) is 1.83. The van der Waals surface area contributed by atoms with Crippen molar-refractivity contribution >= 4 is 34.8 Å². The fourth-order valence-electron chi connectivity index (χ4n) is 5.22. The van der Waals surface area contributed by atoms with E-state index in [0.717, 1.165) is 5.54 Å². The first kappa shape index (κ1) is 24.3. The second kappa shape index (κ2) is 8.63. The Balaban J connectivity index is 0.000000189. The van der Waals surface area contributed by atoms with E-state index in [1.807, 2.05) is 6.26 Å². The molecule has 3 heterocycles. The van der Waals surface area contributed by atoms with E-state index in [0.29, 0.717) is 0 Å². The molecule has 3 aromatic carbocycles. The molecule has 147 valence electrons. The van der Waals surface area contributed by atoms with Crippen molar-refractivity contribution in [2.75, 3.05) is 0 Å². The minimum atomic E-state index is -1.08. The molecule has 1 aliphatic carbocycles. The van der Waals surface area contributed by atoms with Crippen molar-refractivity contribution in [1.29, 1.82) is 0 Å². The van der Waals surface area contributed by atoms with Crippen molar-refractivity contribution in [3.8, 4) is 0 Å².